The molecule has 0 bridgehead atoms. The largest absolute Gasteiger partial charge is 0.494 e. The van der Waals surface area contributed by atoms with Gasteiger partial charge in [-0.3, -0.25) is 0 Å². The highest BCUT2D eigenvalue weighted by Crippen LogP contribution is 2.15. The number of nitrogens with one attached hydrogen (secondary N) is 1. The molecule has 2 heteroatoms. The predicted molar refractivity (Wildman–Crippen MR) is 56.3 cm³/mol. The quantitative estimate of drug-likeness (QED) is 0.698. The lowest BCUT2D eigenvalue weighted by molar-refractivity contribution is 0.340. The molecule has 1 aromatic carbocycles. The van der Waals surface area contributed by atoms with Gasteiger partial charge in [-0.05, 0) is 31.2 Å². The Kier molecular flexibility index (Phi) is 3.89. The van der Waals surface area contributed by atoms with Crippen molar-refractivity contribution in [2.75, 3.05) is 18.5 Å². The van der Waals surface area contributed by atoms with Crippen LogP contribution in [0.15, 0.2) is 36.9 Å². The van der Waals surface area contributed by atoms with E-state index in [2.05, 4.69) is 11.9 Å². The summed E-state index contributed by atoms with van der Waals surface area (Å²) in [5.41, 5.74) is 1.09. The molecule has 2 nitrogen and oxygen atoms in total. The van der Waals surface area contributed by atoms with Crippen molar-refractivity contribution in [1.82, 2.24) is 0 Å². The van der Waals surface area contributed by atoms with E-state index in [4.69, 9.17) is 4.74 Å². The predicted octanol–water partition coefficient (Wildman–Crippen LogP) is 2.68. The molecular formula is C11H15NO. The van der Waals surface area contributed by atoms with Crippen molar-refractivity contribution in [3.8, 4) is 5.75 Å². The first-order chi connectivity index (χ1) is 6.36. The van der Waals surface area contributed by atoms with Gasteiger partial charge >= 0.3 is 0 Å². The first kappa shape index (κ1) is 9.65. The summed E-state index contributed by atoms with van der Waals surface area (Å²) >= 11 is 0. The maximum atomic E-state index is 5.32. The van der Waals surface area contributed by atoms with Crippen LogP contribution in [-0.4, -0.2) is 13.2 Å². The van der Waals surface area contributed by atoms with E-state index >= 15 is 0 Å². The van der Waals surface area contributed by atoms with Crippen LogP contribution < -0.4 is 10.1 Å². The highest BCUT2D eigenvalue weighted by atomic mass is 16.5. The number of anilines is 1. The van der Waals surface area contributed by atoms with Crippen molar-refractivity contribution in [3.63, 3.8) is 0 Å². The smallest absolute Gasteiger partial charge is 0.119 e. The molecule has 0 fully saturated rings. The molecule has 0 aromatic heterocycles. The maximum absolute atomic E-state index is 5.32. The van der Waals surface area contributed by atoms with Crippen molar-refractivity contribution in [2.24, 2.45) is 0 Å². The van der Waals surface area contributed by atoms with Crippen molar-refractivity contribution < 1.29 is 4.74 Å². The molecule has 0 aliphatic heterocycles. The molecule has 0 amide bonds. The number of benzene rings is 1. The van der Waals surface area contributed by atoms with E-state index in [0.717, 1.165) is 18.0 Å². The summed E-state index contributed by atoms with van der Waals surface area (Å²) in [6.07, 6.45) is 1.83. The molecule has 0 aliphatic carbocycles. The molecule has 0 saturated carbocycles. The Morgan fingerprint density at radius 1 is 1.38 bits per heavy atom. The van der Waals surface area contributed by atoms with Crippen LogP contribution in [0.4, 0.5) is 5.69 Å². The minimum atomic E-state index is 0.708. The second-order valence-electron chi connectivity index (χ2n) is 2.63. The van der Waals surface area contributed by atoms with Crippen LogP contribution in [0.3, 0.4) is 0 Å². The molecule has 0 atom stereocenters. The molecule has 13 heavy (non-hydrogen) atoms. The van der Waals surface area contributed by atoms with Gasteiger partial charge in [0.05, 0.1) is 6.61 Å². The second-order valence-corrected chi connectivity index (χ2v) is 2.63. The third-order valence-electron chi connectivity index (χ3n) is 1.62. The van der Waals surface area contributed by atoms with E-state index in [0.29, 0.717) is 6.61 Å². The first-order valence-electron chi connectivity index (χ1n) is 4.44. The van der Waals surface area contributed by atoms with Crippen molar-refractivity contribution in [3.05, 3.63) is 36.9 Å². The van der Waals surface area contributed by atoms with E-state index in [1.165, 1.54) is 0 Å². The van der Waals surface area contributed by atoms with E-state index in [-0.39, 0.29) is 0 Å². The van der Waals surface area contributed by atoms with Gasteiger partial charge in [0.1, 0.15) is 5.75 Å². The fourth-order valence-corrected chi connectivity index (χ4v) is 1.03. The van der Waals surface area contributed by atoms with Gasteiger partial charge in [0.2, 0.25) is 0 Å². The Hall–Kier alpha value is -1.44. The summed E-state index contributed by atoms with van der Waals surface area (Å²) in [4.78, 5) is 0. The lowest BCUT2D eigenvalue weighted by Gasteiger charge is -2.05. The monoisotopic (exact) mass is 177 g/mol. The van der Waals surface area contributed by atoms with Gasteiger partial charge in [-0.1, -0.05) is 6.08 Å². The van der Waals surface area contributed by atoms with Crippen molar-refractivity contribution in [1.29, 1.82) is 0 Å². The average molecular weight is 177 g/mol. The molecule has 0 spiro atoms. The summed E-state index contributed by atoms with van der Waals surface area (Å²) in [5, 5.41) is 3.19. The van der Waals surface area contributed by atoms with Crippen LogP contribution >= 0.6 is 0 Å². The van der Waals surface area contributed by atoms with Gasteiger partial charge in [-0.25, -0.2) is 0 Å². The second kappa shape index (κ2) is 5.25. The van der Waals surface area contributed by atoms with E-state index < -0.39 is 0 Å². The van der Waals surface area contributed by atoms with Crippen molar-refractivity contribution in [2.45, 2.75) is 6.92 Å². The SMILES string of the molecule is C=CCNc1ccc(OCC)cc1. The number of hydrogen-bond donors (Lipinski definition) is 1. The van der Waals surface area contributed by atoms with Gasteiger partial charge in [0, 0.05) is 12.2 Å². The van der Waals surface area contributed by atoms with Crippen LogP contribution in [0.25, 0.3) is 0 Å². The highest BCUT2D eigenvalue weighted by molar-refractivity contribution is 5.46. The topological polar surface area (TPSA) is 21.3 Å². The molecule has 0 aliphatic rings. The van der Waals surface area contributed by atoms with Crippen LogP contribution in [0, 0.1) is 0 Å². The molecule has 1 rings (SSSR count). The van der Waals surface area contributed by atoms with Gasteiger partial charge < -0.3 is 10.1 Å². The third-order valence-corrected chi connectivity index (χ3v) is 1.62. The minimum absolute atomic E-state index is 0.708. The van der Waals surface area contributed by atoms with Crippen LogP contribution in [-0.2, 0) is 0 Å². The zero-order chi connectivity index (χ0) is 9.52. The van der Waals surface area contributed by atoms with Gasteiger partial charge in [0.15, 0.2) is 0 Å². The molecule has 0 heterocycles. The molecule has 0 unspecified atom stereocenters. The molecule has 0 radical (unpaired) electrons. The summed E-state index contributed by atoms with van der Waals surface area (Å²) in [7, 11) is 0. The fraction of sp³-hybridized carbons (Fsp3) is 0.273. The molecule has 0 saturated heterocycles. The van der Waals surface area contributed by atoms with Gasteiger partial charge in [0.25, 0.3) is 0 Å². The average Bonchev–Trinajstić information content (AvgIpc) is 2.17. The normalized spacial score (nSPS) is 9.31. The zero-order valence-corrected chi connectivity index (χ0v) is 7.92. The minimum Gasteiger partial charge on any atom is -0.494 e. The highest BCUT2D eigenvalue weighted by Gasteiger charge is 1.91. The maximum Gasteiger partial charge on any atom is 0.119 e. The summed E-state index contributed by atoms with van der Waals surface area (Å²) < 4.78 is 5.32. The van der Waals surface area contributed by atoms with E-state index in [9.17, 15) is 0 Å². The molecule has 1 N–H and O–H groups in total. The Balaban J connectivity index is 2.53. The van der Waals surface area contributed by atoms with E-state index in [1.54, 1.807) is 0 Å². The van der Waals surface area contributed by atoms with Crippen LogP contribution in [0.1, 0.15) is 6.92 Å². The van der Waals surface area contributed by atoms with Crippen LogP contribution in [0.5, 0.6) is 5.75 Å². The first-order valence-corrected chi connectivity index (χ1v) is 4.44. The Morgan fingerprint density at radius 3 is 2.62 bits per heavy atom. The molecular weight excluding hydrogens is 162 g/mol. The number of ether oxygens (including phenoxy) is 1. The van der Waals surface area contributed by atoms with E-state index in [1.807, 2.05) is 37.3 Å². The van der Waals surface area contributed by atoms with Gasteiger partial charge in [-0.15, -0.1) is 6.58 Å². The summed E-state index contributed by atoms with van der Waals surface area (Å²) in [5.74, 6) is 0.909. The Bertz CT molecular complexity index is 253. The third kappa shape index (κ3) is 3.20. The Morgan fingerprint density at radius 2 is 2.08 bits per heavy atom. The molecule has 1 aromatic rings. The van der Waals surface area contributed by atoms with Gasteiger partial charge in [-0.2, -0.15) is 0 Å². The lowest BCUT2D eigenvalue weighted by atomic mass is 10.3. The fourth-order valence-electron chi connectivity index (χ4n) is 1.03. The standard InChI is InChI=1S/C11H15NO/c1-3-9-12-10-5-7-11(8-6-10)13-4-2/h3,5-8,12H,1,4,9H2,2H3. The summed E-state index contributed by atoms with van der Waals surface area (Å²) in [6, 6.07) is 7.90. The number of rotatable bonds is 5. The van der Waals surface area contributed by atoms with Crippen molar-refractivity contribution >= 4 is 5.69 Å². The zero-order valence-electron chi connectivity index (χ0n) is 7.92. The number of hydrogen-bond acceptors (Lipinski definition) is 2. The lowest BCUT2D eigenvalue weighted by Crippen LogP contribution is -1.97. The summed E-state index contributed by atoms with van der Waals surface area (Å²) in [6.45, 7) is 7.11. The molecule has 70 valence electrons. The van der Waals surface area contributed by atoms with Crippen LogP contribution in [0.2, 0.25) is 0 Å². The Labute approximate surface area is 79.2 Å².